The molecule has 1 fully saturated rings. The second-order valence-corrected chi connectivity index (χ2v) is 8.29. The molecule has 2 rings (SSSR count). The molecule has 1 aliphatic carbocycles. The van der Waals surface area contributed by atoms with Crippen molar-refractivity contribution in [1.82, 2.24) is 4.31 Å². The molecule has 0 bridgehead atoms. The molecule has 1 aliphatic rings. The molecule has 24 heavy (non-hydrogen) atoms. The highest BCUT2D eigenvalue weighted by molar-refractivity contribution is 7.89. The lowest BCUT2D eigenvalue weighted by Gasteiger charge is -2.17. The molecule has 7 nitrogen and oxygen atoms in total. The van der Waals surface area contributed by atoms with E-state index < -0.39 is 10.0 Å². The minimum absolute atomic E-state index is 0.0487. The Hall–Kier alpha value is -1.64. The molecule has 0 aromatic heterocycles. The lowest BCUT2D eigenvalue weighted by Crippen LogP contribution is -2.24. The van der Waals surface area contributed by atoms with Crippen LogP contribution in [-0.4, -0.2) is 45.4 Å². The molecule has 2 atom stereocenters. The normalized spacial score (nSPS) is 21.0. The van der Waals surface area contributed by atoms with Crippen LogP contribution in [0.5, 0.6) is 5.75 Å². The van der Waals surface area contributed by atoms with Gasteiger partial charge in [0.2, 0.25) is 15.9 Å². The fourth-order valence-corrected chi connectivity index (χ4v) is 3.68. The number of nitrogens with one attached hydrogen (secondary N) is 1. The van der Waals surface area contributed by atoms with Crippen molar-refractivity contribution >= 4 is 21.6 Å². The molecule has 3 N–H and O–H groups in total. The molecule has 0 saturated heterocycles. The van der Waals surface area contributed by atoms with Gasteiger partial charge < -0.3 is 15.8 Å². The SMILES string of the molecule is CCOc1ccc(S(=O)(=O)N(C)C)cc1NC(=O)C1CCC(N)C1. The summed E-state index contributed by atoms with van der Waals surface area (Å²) in [7, 11) is -0.664. The van der Waals surface area contributed by atoms with Crippen LogP contribution < -0.4 is 15.8 Å². The smallest absolute Gasteiger partial charge is 0.242 e. The van der Waals surface area contributed by atoms with E-state index in [4.69, 9.17) is 10.5 Å². The Bertz CT molecular complexity index is 703. The van der Waals surface area contributed by atoms with Crippen molar-refractivity contribution in [3.63, 3.8) is 0 Å². The number of nitrogens with zero attached hydrogens (tertiary/aromatic N) is 1. The number of hydrogen-bond acceptors (Lipinski definition) is 5. The highest BCUT2D eigenvalue weighted by atomic mass is 32.2. The maximum Gasteiger partial charge on any atom is 0.242 e. The fraction of sp³-hybridized carbons (Fsp3) is 0.562. The summed E-state index contributed by atoms with van der Waals surface area (Å²) in [6, 6.07) is 4.53. The molecule has 0 radical (unpaired) electrons. The van der Waals surface area contributed by atoms with Crippen molar-refractivity contribution < 1.29 is 17.9 Å². The van der Waals surface area contributed by atoms with E-state index >= 15 is 0 Å². The second-order valence-electron chi connectivity index (χ2n) is 6.14. The minimum Gasteiger partial charge on any atom is -0.492 e. The first-order chi connectivity index (χ1) is 11.3. The lowest BCUT2D eigenvalue weighted by atomic mass is 10.1. The number of carbonyl (C=O) groups is 1. The third kappa shape index (κ3) is 4.06. The number of ether oxygens (including phenoxy) is 1. The highest BCUT2D eigenvalue weighted by Gasteiger charge is 2.28. The van der Waals surface area contributed by atoms with Crippen LogP contribution in [0.2, 0.25) is 0 Å². The summed E-state index contributed by atoms with van der Waals surface area (Å²) in [5, 5.41) is 2.81. The van der Waals surface area contributed by atoms with Crippen molar-refractivity contribution in [3.8, 4) is 5.75 Å². The third-order valence-corrected chi connectivity index (χ3v) is 5.94. The summed E-state index contributed by atoms with van der Waals surface area (Å²) in [6.07, 6.45) is 2.21. The molecule has 1 saturated carbocycles. The summed E-state index contributed by atoms with van der Waals surface area (Å²) in [4.78, 5) is 12.5. The van der Waals surface area contributed by atoms with Crippen LogP contribution in [0.4, 0.5) is 5.69 Å². The van der Waals surface area contributed by atoms with Crippen LogP contribution in [0.3, 0.4) is 0 Å². The van der Waals surface area contributed by atoms with E-state index in [0.29, 0.717) is 24.5 Å². The molecular formula is C16H25N3O4S. The van der Waals surface area contributed by atoms with Gasteiger partial charge in [-0.3, -0.25) is 4.79 Å². The number of rotatable bonds is 6. The molecule has 0 aliphatic heterocycles. The van der Waals surface area contributed by atoms with E-state index in [1.807, 2.05) is 6.92 Å². The van der Waals surface area contributed by atoms with Gasteiger partial charge in [-0.2, -0.15) is 0 Å². The summed E-state index contributed by atoms with van der Waals surface area (Å²) >= 11 is 0. The van der Waals surface area contributed by atoms with Gasteiger partial charge in [-0.05, 0) is 44.4 Å². The van der Waals surface area contributed by atoms with Gasteiger partial charge in [0.05, 0.1) is 17.2 Å². The number of nitrogens with two attached hydrogens (primary N) is 1. The van der Waals surface area contributed by atoms with Gasteiger partial charge in [-0.1, -0.05) is 0 Å². The molecule has 0 heterocycles. The van der Waals surface area contributed by atoms with Gasteiger partial charge in [0, 0.05) is 26.1 Å². The number of benzene rings is 1. The quantitative estimate of drug-likeness (QED) is 0.803. The van der Waals surface area contributed by atoms with E-state index in [0.717, 1.165) is 17.1 Å². The van der Waals surface area contributed by atoms with Crippen LogP contribution >= 0.6 is 0 Å². The minimum atomic E-state index is -3.59. The standard InChI is InChI=1S/C16H25N3O4S/c1-4-23-15-8-7-13(24(21,22)19(2)3)10-14(15)18-16(20)11-5-6-12(17)9-11/h7-8,10-12H,4-6,9,17H2,1-3H3,(H,18,20). The Morgan fingerprint density at radius 1 is 1.38 bits per heavy atom. The zero-order valence-electron chi connectivity index (χ0n) is 14.3. The lowest BCUT2D eigenvalue weighted by molar-refractivity contribution is -0.119. The summed E-state index contributed by atoms with van der Waals surface area (Å²) in [5.74, 6) is 0.151. The Balaban J connectivity index is 2.30. The number of carbonyl (C=O) groups excluding carboxylic acids is 1. The molecular weight excluding hydrogens is 330 g/mol. The maximum absolute atomic E-state index is 12.4. The van der Waals surface area contributed by atoms with Crippen molar-refractivity contribution in [2.75, 3.05) is 26.0 Å². The number of hydrogen-bond donors (Lipinski definition) is 2. The Morgan fingerprint density at radius 3 is 2.62 bits per heavy atom. The van der Waals surface area contributed by atoms with Gasteiger partial charge in [-0.15, -0.1) is 0 Å². The highest BCUT2D eigenvalue weighted by Crippen LogP contribution is 2.31. The summed E-state index contributed by atoms with van der Waals surface area (Å²) < 4.78 is 31.2. The van der Waals surface area contributed by atoms with Crippen molar-refractivity contribution in [2.24, 2.45) is 11.7 Å². The topological polar surface area (TPSA) is 102 Å². The van der Waals surface area contributed by atoms with Crippen molar-refractivity contribution in [3.05, 3.63) is 18.2 Å². The van der Waals surface area contributed by atoms with E-state index in [-0.39, 0.29) is 22.8 Å². The Labute approximate surface area is 143 Å². The van der Waals surface area contributed by atoms with Crippen LogP contribution in [0.15, 0.2) is 23.1 Å². The Morgan fingerprint density at radius 2 is 2.08 bits per heavy atom. The average molecular weight is 355 g/mol. The molecule has 8 heteroatoms. The van der Waals surface area contributed by atoms with Crippen molar-refractivity contribution in [2.45, 2.75) is 37.1 Å². The number of anilines is 1. The monoisotopic (exact) mass is 355 g/mol. The average Bonchev–Trinajstić information content (AvgIpc) is 2.95. The predicted octanol–water partition coefficient (Wildman–Crippen LogP) is 1.40. The zero-order chi connectivity index (χ0) is 17.9. The second kappa shape index (κ2) is 7.50. The van der Waals surface area contributed by atoms with E-state index in [1.165, 1.54) is 26.2 Å². The zero-order valence-corrected chi connectivity index (χ0v) is 15.1. The first kappa shape index (κ1) is 18.7. The van der Waals surface area contributed by atoms with Crippen LogP contribution in [0.25, 0.3) is 0 Å². The van der Waals surface area contributed by atoms with E-state index in [2.05, 4.69) is 5.32 Å². The first-order valence-corrected chi connectivity index (χ1v) is 9.45. The Kier molecular flexibility index (Phi) is 5.84. The predicted molar refractivity (Wildman–Crippen MR) is 92.4 cm³/mol. The van der Waals surface area contributed by atoms with Crippen LogP contribution in [-0.2, 0) is 14.8 Å². The van der Waals surface area contributed by atoms with Gasteiger partial charge in [0.25, 0.3) is 0 Å². The fourth-order valence-electron chi connectivity index (χ4n) is 2.75. The number of sulfonamides is 1. The van der Waals surface area contributed by atoms with E-state index in [1.54, 1.807) is 6.07 Å². The molecule has 2 unspecified atom stereocenters. The van der Waals surface area contributed by atoms with Gasteiger partial charge in [0.15, 0.2) is 0 Å². The molecule has 1 amide bonds. The largest absolute Gasteiger partial charge is 0.492 e. The summed E-state index contributed by atoms with van der Waals surface area (Å²) in [6.45, 7) is 2.24. The molecule has 1 aromatic rings. The van der Waals surface area contributed by atoms with Gasteiger partial charge in [0.1, 0.15) is 5.75 Å². The number of amides is 1. The van der Waals surface area contributed by atoms with Gasteiger partial charge >= 0.3 is 0 Å². The van der Waals surface area contributed by atoms with E-state index in [9.17, 15) is 13.2 Å². The van der Waals surface area contributed by atoms with Gasteiger partial charge in [-0.25, -0.2) is 12.7 Å². The van der Waals surface area contributed by atoms with Crippen molar-refractivity contribution in [1.29, 1.82) is 0 Å². The third-order valence-electron chi connectivity index (χ3n) is 4.13. The van der Waals surface area contributed by atoms with Crippen LogP contribution in [0.1, 0.15) is 26.2 Å². The van der Waals surface area contributed by atoms with Crippen LogP contribution in [0, 0.1) is 5.92 Å². The molecule has 134 valence electrons. The maximum atomic E-state index is 12.4. The molecule has 0 spiro atoms. The molecule has 1 aromatic carbocycles. The summed E-state index contributed by atoms with van der Waals surface area (Å²) in [5.41, 5.74) is 6.22. The first-order valence-electron chi connectivity index (χ1n) is 8.01.